The first-order chi connectivity index (χ1) is 4.77. The Morgan fingerprint density at radius 2 is 1.67 bits per heavy atom. The lowest BCUT2D eigenvalue weighted by molar-refractivity contribution is -0.108. The molecule has 0 aliphatic heterocycles. The summed E-state index contributed by atoms with van der Waals surface area (Å²) in [5.41, 5.74) is 4.42. The number of nitrogens with one attached hydrogen (secondary N) is 1. The fourth-order valence-electron chi connectivity index (χ4n) is 0.0581. The summed E-state index contributed by atoms with van der Waals surface area (Å²) in [6.07, 6.45) is 0.225. The number of hydrogen-bond acceptors (Lipinski definition) is 3. The molecule has 0 radical (unpaired) electrons. The molecule has 0 aliphatic carbocycles. The summed E-state index contributed by atoms with van der Waals surface area (Å²) in [4.78, 5) is 40.2. The second kappa shape index (κ2) is 8.11. The van der Waals surface area contributed by atoms with E-state index >= 15 is 0 Å². The number of nitrogens with two attached hydrogens (primary N) is 1. The van der Waals surface area contributed by atoms with Crippen LogP contribution in [0.3, 0.4) is 0 Å². The molecule has 0 aliphatic rings. The van der Waals surface area contributed by atoms with Gasteiger partial charge in [0.25, 0.3) is 0 Å². The molecule has 0 unspecified atom stereocenters. The van der Waals surface area contributed by atoms with Gasteiger partial charge in [0.2, 0.25) is 6.41 Å². The average Bonchev–Trinajstić information content (AvgIpc) is 1.58. The van der Waals surface area contributed by atoms with E-state index in [0.29, 0.717) is 0 Å². The van der Waals surface area contributed by atoms with E-state index in [0.717, 1.165) is 0 Å². The summed E-state index contributed by atoms with van der Waals surface area (Å²) in [5, 5.41) is 1.67. The van der Waals surface area contributed by atoms with E-state index in [-0.39, 0.29) is 11.9 Å². The van der Waals surface area contributed by atoms with Crippen molar-refractivity contribution in [2.45, 2.75) is 0 Å². The van der Waals surface area contributed by atoms with E-state index in [1.165, 1.54) is 0 Å². The molecule has 0 aromatic heterocycles. The molecule has 0 heterocycles. The van der Waals surface area contributed by atoms with Crippen molar-refractivity contribution in [1.29, 1.82) is 0 Å². The van der Waals surface area contributed by atoms with Crippen LogP contribution in [0, 0.1) is 0 Å². The molecule has 0 saturated carbocycles. The van der Waals surface area contributed by atoms with Gasteiger partial charge >= 0.3 is 13.9 Å². The first-order valence-corrected chi connectivity index (χ1v) is 3.61. The van der Waals surface area contributed by atoms with Crippen LogP contribution < -0.4 is 11.1 Å². The maximum Gasteiger partial charge on any atom is 0.466 e. The van der Waals surface area contributed by atoms with Gasteiger partial charge in [0, 0.05) is 0 Å². The van der Waals surface area contributed by atoms with Crippen LogP contribution in [0.15, 0.2) is 0 Å². The second-order valence-corrected chi connectivity index (χ2v) is 2.17. The molecule has 0 aromatic rings. The Bertz CT molecular complexity index is 166. The van der Waals surface area contributed by atoms with E-state index in [1.54, 1.807) is 5.32 Å². The van der Waals surface area contributed by atoms with E-state index in [1.807, 2.05) is 0 Å². The van der Waals surface area contributed by atoms with Crippen LogP contribution in [0.5, 0.6) is 0 Å². The average molecular weight is 204 g/mol. The van der Waals surface area contributed by atoms with Crippen LogP contribution >= 0.6 is 7.82 Å². The van der Waals surface area contributed by atoms with Crippen LogP contribution in [-0.4, -0.2) is 32.6 Å². The molecular weight excluding hydrogens is 195 g/mol. The molecule has 0 saturated heterocycles. The zero-order valence-electron chi connectivity index (χ0n) is 5.67. The maximum atomic E-state index is 9.48. The molecule has 0 spiro atoms. The molecule has 0 rings (SSSR count). The van der Waals surface area contributed by atoms with Crippen molar-refractivity contribution in [3.8, 4) is 0 Å². The Morgan fingerprint density at radius 1 is 1.42 bits per heavy atom. The predicted molar refractivity (Wildman–Crippen MR) is 36.7 cm³/mol. The quantitative estimate of drug-likeness (QED) is 0.225. The highest BCUT2D eigenvalue weighted by Crippen LogP contribution is 2.25. The van der Waals surface area contributed by atoms with Crippen molar-refractivity contribution < 1.29 is 34.3 Å². The summed E-state index contributed by atoms with van der Waals surface area (Å²) in [5.74, 6) is 0. The highest BCUT2D eigenvalue weighted by atomic mass is 31.2. The van der Waals surface area contributed by atoms with Gasteiger partial charge in [-0.05, 0) is 0 Å². The molecule has 0 aromatic carbocycles. The lowest BCUT2D eigenvalue weighted by atomic mass is 11.0. The number of amides is 3. The lowest BCUT2D eigenvalue weighted by Gasteiger charge is -1.82. The van der Waals surface area contributed by atoms with Gasteiger partial charge in [-0.1, -0.05) is 0 Å². The van der Waals surface area contributed by atoms with Gasteiger partial charge in [-0.3, -0.25) is 10.1 Å². The van der Waals surface area contributed by atoms with E-state index in [9.17, 15) is 9.59 Å². The van der Waals surface area contributed by atoms with E-state index < -0.39 is 13.9 Å². The monoisotopic (exact) mass is 204 g/mol. The molecule has 10 heteroatoms. The lowest BCUT2D eigenvalue weighted by Crippen LogP contribution is -2.27. The third-order valence-electron chi connectivity index (χ3n) is 0.201. The molecule has 0 atom stereocenters. The smallest absolute Gasteiger partial charge is 0.412 e. The third kappa shape index (κ3) is 143. The van der Waals surface area contributed by atoms with Crippen molar-refractivity contribution in [1.82, 2.24) is 5.32 Å². The van der Waals surface area contributed by atoms with E-state index in [4.69, 9.17) is 19.2 Å². The summed E-state index contributed by atoms with van der Waals surface area (Å²) in [6, 6.07) is -0.829. The summed E-state index contributed by atoms with van der Waals surface area (Å²) >= 11 is 0. The van der Waals surface area contributed by atoms with Crippen molar-refractivity contribution >= 4 is 20.3 Å². The zero-order chi connectivity index (χ0) is 9.49. The molecule has 0 bridgehead atoms. The molecule has 74 valence electrons. The van der Waals surface area contributed by atoms with Crippen LogP contribution in [0.25, 0.3) is 0 Å². The van der Waals surface area contributed by atoms with E-state index in [2.05, 4.69) is 5.73 Å². The van der Waals surface area contributed by atoms with Crippen LogP contribution in [0.4, 0.5) is 4.79 Å². The summed E-state index contributed by atoms with van der Waals surface area (Å²) < 4.78 is 8.88. The number of primary amides is 1. The van der Waals surface area contributed by atoms with Crippen LogP contribution in [-0.2, 0) is 9.36 Å². The summed E-state index contributed by atoms with van der Waals surface area (Å²) in [6.45, 7) is 0. The molecule has 9 nitrogen and oxygen atoms in total. The van der Waals surface area contributed by atoms with Crippen molar-refractivity contribution in [2.75, 3.05) is 0 Å². The maximum absolute atomic E-state index is 9.48. The van der Waals surface area contributed by atoms with Crippen LogP contribution in [0.1, 0.15) is 0 Å². The fraction of sp³-hybridized carbons (Fsp3) is 0. The minimum absolute atomic E-state index is 0. The Labute approximate surface area is 66.7 Å². The molecule has 12 heavy (non-hydrogen) atoms. The number of rotatable bonds is 1. The molecule has 0 fully saturated rings. The van der Waals surface area contributed by atoms with Crippen molar-refractivity contribution in [3.63, 3.8) is 0 Å². The Balaban J connectivity index is -0.000000126. The first-order valence-electron chi connectivity index (χ1n) is 2.05. The fourth-order valence-corrected chi connectivity index (χ4v) is 0.0581. The molecule has 3 amide bonds. The van der Waals surface area contributed by atoms with Gasteiger partial charge in [-0.25, -0.2) is 9.36 Å². The van der Waals surface area contributed by atoms with Gasteiger partial charge in [-0.2, -0.15) is 0 Å². The van der Waals surface area contributed by atoms with Gasteiger partial charge in [0.1, 0.15) is 0 Å². The zero-order valence-corrected chi connectivity index (χ0v) is 6.56. The minimum atomic E-state index is -4.64. The van der Waals surface area contributed by atoms with Gasteiger partial charge < -0.3 is 25.9 Å². The number of phosphoric acid groups is 1. The number of hydrogen-bond donors (Lipinski definition) is 5. The Kier molecular flexibility index (Phi) is 11.6. The standard InChI is InChI=1S/C2H4N2O2.H3O4P.H2O/c3-2(6)4-1-5;1-5(2,3)4;/h1H,(H3,3,4,5,6);(H3,1,2,3,4);1H2. The highest BCUT2D eigenvalue weighted by molar-refractivity contribution is 7.45. The summed E-state index contributed by atoms with van der Waals surface area (Å²) in [7, 11) is -4.64. The number of carbonyl (C=O) groups excluding carboxylic acids is 2. The van der Waals surface area contributed by atoms with Gasteiger partial charge in [0.05, 0.1) is 0 Å². The SMILES string of the molecule is NC(=O)NC=O.O.O=P(O)(O)O. The predicted octanol–water partition coefficient (Wildman–Crippen LogP) is -2.94. The largest absolute Gasteiger partial charge is 0.466 e. The van der Waals surface area contributed by atoms with Gasteiger partial charge in [0.15, 0.2) is 0 Å². The molecular formula is C2H9N2O7P. The minimum Gasteiger partial charge on any atom is -0.412 e. The topological polar surface area (TPSA) is 181 Å². The van der Waals surface area contributed by atoms with Crippen molar-refractivity contribution in [2.24, 2.45) is 5.73 Å². The molecule has 8 N–H and O–H groups in total. The number of carbonyl (C=O) groups is 2. The Morgan fingerprint density at radius 3 is 1.67 bits per heavy atom. The second-order valence-electron chi connectivity index (χ2n) is 1.14. The van der Waals surface area contributed by atoms with Crippen LogP contribution in [0.2, 0.25) is 0 Å². The third-order valence-corrected chi connectivity index (χ3v) is 0.201. The first kappa shape index (κ1) is 17.2. The highest BCUT2D eigenvalue weighted by Gasteiger charge is 2.00. The van der Waals surface area contributed by atoms with Crippen molar-refractivity contribution in [3.05, 3.63) is 0 Å². The number of imide groups is 1. The number of urea groups is 1. The Hall–Kier alpha value is -0.990. The van der Waals surface area contributed by atoms with Gasteiger partial charge in [-0.15, -0.1) is 0 Å². The normalized spacial score (nSPS) is 8.25.